The lowest BCUT2D eigenvalue weighted by Crippen LogP contribution is -2.16. The van der Waals surface area contributed by atoms with E-state index in [1.54, 1.807) is 14.2 Å². The summed E-state index contributed by atoms with van der Waals surface area (Å²) < 4.78 is 10.7. The largest absolute Gasteiger partial charge is 0.493 e. The molecule has 0 atom stereocenters. The maximum absolute atomic E-state index is 6.33. The molecule has 1 heterocycles. The van der Waals surface area contributed by atoms with Gasteiger partial charge in [0.2, 0.25) is 0 Å². The van der Waals surface area contributed by atoms with Gasteiger partial charge in [-0.15, -0.1) is 0 Å². The normalized spacial score (nSPS) is 13.5. The highest BCUT2D eigenvalue weighted by atomic mass is 16.5. The highest BCUT2D eigenvalue weighted by molar-refractivity contribution is 6.24. The van der Waals surface area contributed by atoms with E-state index in [2.05, 4.69) is 17.2 Å². The molecule has 1 aliphatic rings. The van der Waals surface area contributed by atoms with Crippen molar-refractivity contribution in [3.05, 3.63) is 53.7 Å². The minimum Gasteiger partial charge on any atom is -0.493 e. The number of amidine groups is 1. The van der Waals surface area contributed by atoms with Gasteiger partial charge in [-0.3, -0.25) is 0 Å². The maximum Gasteiger partial charge on any atom is 0.161 e. The summed E-state index contributed by atoms with van der Waals surface area (Å²) >= 11 is 0. The summed E-state index contributed by atoms with van der Waals surface area (Å²) in [5.41, 5.74) is 11.0. The molecule has 5 heteroatoms. The van der Waals surface area contributed by atoms with E-state index in [1.165, 1.54) is 0 Å². The van der Waals surface area contributed by atoms with Crippen LogP contribution < -0.4 is 20.5 Å². The Morgan fingerprint density at radius 1 is 1.04 bits per heavy atom. The Hall–Kier alpha value is -2.95. The molecule has 0 spiro atoms. The zero-order valence-electron chi connectivity index (χ0n) is 14.1. The summed E-state index contributed by atoms with van der Waals surface area (Å²) in [6.07, 6.45) is 0.800. The molecule has 0 bridgehead atoms. The van der Waals surface area contributed by atoms with Crippen molar-refractivity contribution < 1.29 is 9.47 Å². The molecule has 0 aromatic heterocycles. The molecule has 0 unspecified atom stereocenters. The molecular weight excluding hydrogens is 302 g/mol. The number of hydrogen-bond donors (Lipinski definition) is 2. The Morgan fingerprint density at radius 2 is 1.79 bits per heavy atom. The molecule has 0 saturated heterocycles. The van der Waals surface area contributed by atoms with E-state index in [1.807, 2.05) is 42.5 Å². The first-order valence-corrected chi connectivity index (χ1v) is 7.84. The van der Waals surface area contributed by atoms with Crippen LogP contribution in [-0.4, -0.2) is 20.1 Å². The van der Waals surface area contributed by atoms with Crippen molar-refractivity contribution in [1.29, 1.82) is 0 Å². The second-order valence-electron chi connectivity index (χ2n) is 5.42. The molecule has 0 saturated carbocycles. The third kappa shape index (κ3) is 2.80. The van der Waals surface area contributed by atoms with Gasteiger partial charge in [0, 0.05) is 11.3 Å². The van der Waals surface area contributed by atoms with Crippen molar-refractivity contribution in [2.45, 2.75) is 13.3 Å². The van der Waals surface area contributed by atoms with Crippen LogP contribution in [0.3, 0.4) is 0 Å². The number of aliphatic imine (C=N–C) groups is 1. The first-order chi connectivity index (χ1) is 11.7. The van der Waals surface area contributed by atoms with Gasteiger partial charge in [0.25, 0.3) is 0 Å². The van der Waals surface area contributed by atoms with E-state index < -0.39 is 0 Å². The fourth-order valence-electron chi connectivity index (χ4n) is 2.82. The molecule has 2 aromatic rings. The summed E-state index contributed by atoms with van der Waals surface area (Å²) in [6, 6.07) is 13.6. The third-order valence-corrected chi connectivity index (χ3v) is 4.01. The van der Waals surface area contributed by atoms with Gasteiger partial charge in [0.15, 0.2) is 11.5 Å². The zero-order chi connectivity index (χ0) is 17.1. The smallest absolute Gasteiger partial charge is 0.161 e. The van der Waals surface area contributed by atoms with Crippen molar-refractivity contribution >= 4 is 22.8 Å². The molecule has 0 radical (unpaired) electrons. The molecule has 0 fully saturated rings. The molecule has 124 valence electrons. The van der Waals surface area contributed by atoms with Crippen LogP contribution in [0.25, 0.3) is 5.57 Å². The highest BCUT2D eigenvalue weighted by Gasteiger charge is 2.19. The van der Waals surface area contributed by atoms with Crippen LogP contribution in [0.4, 0.5) is 11.4 Å². The Bertz CT molecular complexity index is 825. The fraction of sp³-hybridized carbons (Fsp3) is 0.211. The fourth-order valence-corrected chi connectivity index (χ4v) is 2.82. The standard InChI is InChI=1S/C19H21N3O2/c1-4-13-18(12-9-10-16(23-2)17(11-12)24-3)19(20)22-15-8-6-5-7-14(15)21-13/h5-11,21H,4H2,1-3H3,(H2,20,22). The second-order valence-corrected chi connectivity index (χ2v) is 5.42. The summed E-state index contributed by atoms with van der Waals surface area (Å²) in [4.78, 5) is 4.60. The second kappa shape index (κ2) is 6.66. The van der Waals surface area contributed by atoms with Crippen molar-refractivity contribution in [2.75, 3.05) is 19.5 Å². The minimum absolute atomic E-state index is 0.483. The van der Waals surface area contributed by atoms with Gasteiger partial charge in [-0.1, -0.05) is 25.1 Å². The first kappa shape index (κ1) is 15.9. The van der Waals surface area contributed by atoms with Gasteiger partial charge in [-0.25, -0.2) is 4.99 Å². The third-order valence-electron chi connectivity index (χ3n) is 4.01. The van der Waals surface area contributed by atoms with Crippen LogP contribution in [0.15, 0.2) is 53.2 Å². The van der Waals surface area contributed by atoms with Crippen molar-refractivity contribution in [2.24, 2.45) is 10.7 Å². The van der Waals surface area contributed by atoms with Crippen LogP contribution in [0.5, 0.6) is 11.5 Å². The number of hydrogen-bond acceptors (Lipinski definition) is 5. The summed E-state index contributed by atoms with van der Waals surface area (Å²) in [5, 5.41) is 3.47. The Balaban J connectivity index is 2.16. The van der Waals surface area contributed by atoms with Gasteiger partial charge in [0.1, 0.15) is 5.84 Å². The lowest BCUT2D eigenvalue weighted by atomic mass is 10.0. The van der Waals surface area contributed by atoms with Crippen LogP contribution in [0, 0.1) is 0 Å². The van der Waals surface area contributed by atoms with Gasteiger partial charge < -0.3 is 20.5 Å². The number of nitrogens with one attached hydrogen (secondary N) is 1. The van der Waals surface area contributed by atoms with Gasteiger partial charge >= 0.3 is 0 Å². The first-order valence-electron chi connectivity index (χ1n) is 7.84. The van der Waals surface area contributed by atoms with Crippen molar-refractivity contribution in [3.63, 3.8) is 0 Å². The number of fused-ring (bicyclic) bond motifs is 1. The molecule has 24 heavy (non-hydrogen) atoms. The van der Waals surface area contributed by atoms with E-state index >= 15 is 0 Å². The molecule has 3 N–H and O–H groups in total. The number of para-hydroxylation sites is 2. The summed E-state index contributed by atoms with van der Waals surface area (Å²) in [5.74, 6) is 1.82. The molecule has 0 amide bonds. The molecule has 2 aromatic carbocycles. The number of nitrogens with zero attached hydrogens (tertiary/aromatic N) is 1. The van der Waals surface area contributed by atoms with Gasteiger partial charge in [-0.05, 0) is 36.2 Å². The topological polar surface area (TPSA) is 68.9 Å². The number of nitrogens with two attached hydrogens (primary N) is 1. The summed E-state index contributed by atoms with van der Waals surface area (Å²) in [6.45, 7) is 2.09. The zero-order valence-corrected chi connectivity index (χ0v) is 14.1. The Morgan fingerprint density at radius 3 is 2.50 bits per heavy atom. The number of allylic oxidation sites excluding steroid dienone is 1. The van der Waals surface area contributed by atoms with E-state index in [-0.39, 0.29) is 0 Å². The van der Waals surface area contributed by atoms with Crippen LogP contribution in [0.2, 0.25) is 0 Å². The molecule has 5 nitrogen and oxygen atoms in total. The molecule has 1 aliphatic heterocycles. The number of ether oxygens (including phenoxy) is 2. The summed E-state index contributed by atoms with van der Waals surface area (Å²) in [7, 11) is 3.24. The minimum atomic E-state index is 0.483. The monoisotopic (exact) mass is 323 g/mol. The lowest BCUT2D eigenvalue weighted by molar-refractivity contribution is 0.355. The number of benzene rings is 2. The van der Waals surface area contributed by atoms with E-state index in [0.29, 0.717) is 17.3 Å². The quantitative estimate of drug-likeness (QED) is 0.894. The predicted molar refractivity (Wildman–Crippen MR) is 98.1 cm³/mol. The predicted octanol–water partition coefficient (Wildman–Crippen LogP) is 3.94. The SMILES string of the molecule is CCC1=C(c2ccc(OC)c(OC)c2)C(N)=Nc2ccccc2N1. The Kier molecular flexibility index (Phi) is 4.42. The van der Waals surface area contributed by atoms with Crippen LogP contribution >= 0.6 is 0 Å². The molecule has 3 rings (SSSR count). The van der Waals surface area contributed by atoms with Gasteiger partial charge in [-0.2, -0.15) is 0 Å². The van der Waals surface area contributed by atoms with E-state index in [4.69, 9.17) is 15.2 Å². The maximum atomic E-state index is 6.33. The Labute approximate surface area is 141 Å². The number of rotatable bonds is 4. The highest BCUT2D eigenvalue weighted by Crippen LogP contribution is 2.36. The number of methoxy groups -OCH3 is 2. The van der Waals surface area contributed by atoms with Crippen LogP contribution in [-0.2, 0) is 0 Å². The molecular formula is C19H21N3O2. The lowest BCUT2D eigenvalue weighted by Gasteiger charge is -2.15. The molecule has 0 aliphatic carbocycles. The number of anilines is 1. The van der Waals surface area contributed by atoms with Crippen molar-refractivity contribution in [3.8, 4) is 11.5 Å². The van der Waals surface area contributed by atoms with Gasteiger partial charge in [0.05, 0.1) is 25.6 Å². The average Bonchev–Trinajstić information content (AvgIpc) is 2.76. The van der Waals surface area contributed by atoms with E-state index in [9.17, 15) is 0 Å². The van der Waals surface area contributed by atoms with E-state index in [0.717, 1.165) is 34.6 Å². The van der Waals surface area contributed by atoms with Crippen molar-refractivity contribution in [1.82, 2.24) is 0 Å². The average molecular weight is 323 g/mol. The van der Waals surface area contributed by atoms with Crippen LogP contribution in [0.1, 0.15) is 18.9 Å².